The summed E-state index contributed by atoms with van der Waals surface area (Å²) in [5.74, 6) is 1.33. The van der Waals surface area contributed by atoms with Crippen LogP contribution in [0.3, 0.4) is 0 Å². The molecule has 2 rings (SSSR count). The molecule has 2 aromatic rings. The fourth-order valence-electron chi connectivity index (χ4n) is 2.47. The predicted octanol–water partition coefficient (Wildman–Crippen LogP) is 3.19. The molecule has 1 amide bonds. The van der Waals surface area contributed by atoms with Crippen LogP contribution < -0.4 is 20.5 Å². The topological polar surface area (TPSA) is 73.6 Å². The van der Waals surface area contributed by atoms with E-state index in [0.717, 1.165) is 11.1 Å². The summed E-state index contributed by atoms with van der Waals surface area (Å²) in [7, 11) is 1.61. The van der Waals surface area contributed by atoms with Gasteiger partial charge in [0.2, 0.25) is 5.91 Å². The number of hydrogen-bond acceptors (Lipinski definition) is 4. The Kier molecular flexibility index (Phi) is 7.29. The number of amides is 1. The van der Waals surface area contributed by atoms with E-state index < -0.39 is 0 Å². The Labute approximate surface area is 149 Å². The Morgan fingerprint density at radius 2 is 1.92 bits per heavy atom. The molecule has 25 heavy (non-hydrogen) atoms. The molecule has 0 spiro atoms. The summed E-state index contributed by atoms with van der Waals surface area (Å²) in [6.45, 7) is 2.94. The maximum absolute atomic E-state index is 11.8. The van der Waals surface area contributed by atoms with E-state index >= 15 is 0 Å². The number of nitrogens with two attached hydrogens (primary N) is 1. The number of ether oxygens (including phenoxy) is 2. The quantitative estimate of drug-likeness (QED) is 0.734. The Balaban J connectivity index is 2.01. The lowest BCUT2D eigenvalue weighted by Gasteiger charge is -2.17. The minimum atomic E-state index is -0.109. The van der Waals surface area contributed by atoms with Gasteiger partial charge in [0.25, 0.3) is 0 Å². The lowest BCUT2D eigenvalue weighted by atomic mass is 10.1. The van der Waals surface area contributed by atoms with Crippen LogP contribution in [0, 0.1) is 0 Å². The third kappa shape index (κ3) is 5.80. The first-order valence-corrected chi connectivity index (χ1v) is 8.48. The minimum absolute atomic E-state index is 0.00122. The van der Waals surface area contributed by atoms with Crippen LogP contribution in [-0.2, 0) is 11.4 Å². The zero-order valence-corrected chi connectivity index (χ0v) is 14.8. The van der Waals surface area contributed by atoms with Crippen LogP contribution >= 0.6 is 0 Å². The van der Waals surface area contributed by atoms with Gasteiger partial charge < -0.3 is 20.5 Å². The fraction of sp³-hybridized carbons (Fsp3) is 0.350. The number of nitrogens with one attached hydrogen (secondary N) is 1. The van der Waals surface area contributed by atoms with Gasteiger partial charge in [0.15, 0.2) is 11.5 Å². The van der Waals surface area contributed by atoms with E-state index in [1.165, 1.54) is 0 Å². The third-order valence-electron chi connectivity index (χ3n) is 3.91. The largest absolute Gasteiger partial charge is 0.493 e. The predicted molar refractivity (Wildman–Crippen MR) is 98.6 cm³/mol. The Hall–Kier alpha value is -2.53. The Bertz CT molecular complexity index is 674. The highest BCUT2D eigenvalue weighted by Gasteiger charge is 2.13. The van der Waals surface area contributed by atoms with E-state index in [1.807, 2.05) is 55.5 Å². The molecule has 0 radical (unpaired) electrons. The molecular formula is C20H26N2O3. The number of rotatable bonds is 9. The molecule has 0 aliphatic rings. The molecule has 1 atom stereocenters. The van der Waals surface area contributed by atoms with Crippen molar-refractivity contribution in [2.75, 3.05) is 13.7 Å². The summed E-state index contributed by atoms with van der Waals surface area (Å²) in [4.78, 5) is 11.8. The summed E-state index contributed by atoms with van der Waals surface area (Å²) < 4.78 is 11.3. The first-order chi connectivity index (χ1) is 12.1. The van der Waals surface area contributed by atoms with Crippen LogP contribution in [0.2, 0.25) is 0 Å². The van der Waals surface area contributed by atoms with E-state index in [1.54, 1.807) is 7.11 Å². The second-order valence-corrected chi connectivity index (χ2v) is 5.87. The van der Waals surface area contributed by atoms with E-state index in [9.17, 15) is 4.79 Å². The van der Waals surface area contributed by atoms with Gasteiger partial charge in [-0.05, 0) is 43.1 Å². The maximum atomic E-state index is 11.8. The molecular weight excluding hydrogens is 316 g/mol. The van der Waals surface area contributed by atoms with Crippen LogP contribution in [0.15, 0.2) is 48.5 Å². The van der Waals surface area contributed by atoms with Crippen molar-refractivity contribution < 1.29 is 14.3 Å². The van der Waals surface area contributed by atoms with Crippen LogP contribution in [0.5, 0.6) is 11.5 Å². The summed E-state index contributed by atoms with van der Waals surface area (Å²) >= 11 is 0. The van der Waals surface area contributed by atoms with Crippen molar-refractivity contribution >= 4 is 5.91 Å². The molecule has 0 fully saturated rings. The zero-order valence-electron chi connectivity index (χ0n) is 14.8. The maximum Gasteiger partial charge on any atom is 0.220 e. The zero-order chi connectivity index (χ0) is 18.1. The van der Waals surface area contributed by atoms with Crippen molar-refractivity contribution in [3.05, 3.63) is 59.7 Å². The molecule has 5 heteroatoms. The fourth-order valence-corrected chi connectivity index (χ4v) is 2.47. The van der Waals surface area contributed by atoms with Gasteiger partial charge in [0, 0.05) is 6.42 Å². The van der Waals surface area contributed by atoms with Crippen molar-refractivity contribution in [1.82, 2.24) is 5.32 Å². The molecule has 5 nitrogen and oxygen atoms in total. The molecule has 1 unspecified atom stereocenters. The first kappa shape index (κ1) is 18.8. The van der Waals surface area contributed by atoms with Gasteiger partial charge in [-0.2, -0.15) is 0 Å². The number of benzene rings is 2. The SMILES string of the molecule is COc1cc(C(C)NC(=O)CCCN)ccc1OCc1ccccc1. The van der Waals surface area contributed by atoms with E-state index in [0.29, 0.717) is 37.5 Å². The van der Waals surface area contributed by atoms with Gasteiger partial charge >= 0.3 is 0 Å². The molecule has 0 aromatic heterocycles. The van der Waals surface area contributed by atoms with Crippen molar-refractivity contribution in [3.63, 3.8) is 0 Å². The van der Waals surface area contributed by atoms with Crippen LogP contribution in [0.4, 0.5) is 0 Å². The molecule has 0 heterocycles. The lowest BCUT2D eigenvalue weighted by molar-refractivity contribution is -0.121. The van der Waals surface area contributed by atoms with E-state index in [2.05, 4.69) is 5.32 Å². The molecule has 0 saturated heterocycles. The Morgan fingerprint density at radius 1 is 1.16 bits per heavy atom. The van der Waals surface area contributed by atoms with Crippen LogP contribution in [0.1, 0.15) is 36.9 Å². The second-order valence-electron chi connectivity index (χ2n) is 5.87. The van der Waals surface area contributed by atoms with E-state index in [-0.39, 0.29) is 11.9 Å². The van der Waals surface area contributed by atoms with E-state index in [4.69, 9.17) is 15.2 Å². The first-order valence-electron chi connectivity index (χ1n) is 8.48. The van der Waals surface area contributed by atoms with Crippen molar-refractivity contribution in [2.24, 2.45) is 5.73 Å². The van der Waals surface area contributed by atoms with Crippen LogP contribution in [0.25, 0.3) is 0 Å². The minimum Gasteiger partial charge on any atom is -0.493 e. The van der Waals surface area contributed by atoms with Gasteiger partial charge in [0.1, 0.15) is 6.61 Å². The average molecular weight is 342 g/mol. The number of carbonyl (C=O) groups excluding carboxylic acids is 1. The highest BCUT2D eigenvalue weighted by molar-refractivity contribution is 5.76. The summed E-state index contributed by atoms with van der Waals surface area (Å²) in [6.07, 6.45) is 1.13. The standard InChI is InChI=1S/C20H26N2O3/c1-15(22-20(23)9-6-12-21)17-10-11-18(19(13-17)24-2)25-14-16-7-4-3-5-8-16/h3-5,7-8,10-11,13,15H,6,9,12,14,21H2,1-2H3,(H,22,23). The number of methoxy groups -OCH3 is 1. The van der Waals surface area contributed by atoms with Crippen molar-refractivity contribution in [3.8, 4) is 11.5 Å². The monoisotopic (exact) mass is 342 g/mol. The lowest BCUT2D eigenvalue weighted by Crippen LogP contribution is -2.26. The third-order valence-corrected chi connectivity index (χ3v) is 3.91. The van der Waals surface area contributed by atoms with Gasteiger partial charge in [-0.25, -0.2) is 0 Å². The molecule has 0 bridgehead atoms. The normalized spacial score (nSPS) is 11.6. The molecule has 0 saturated carbocycles. The molecule has 3 N–H and O–H groups in total. The molecule has 0 aliphatic heterocycles. The van der Waals surface area contributed by atoms with Crippen molar-refractivity contribution in [1.29, 1.82) is 0 Å². The molecule has 0 aliphatic carbocycles. The van der Waals surface area contributed by atoms with Gasteiger partial charge in [-0.3, -0.25) is 4.79 Å². The Morgan fingerprint density at radius 3 is 2.60 bits per heavy atom. The summed E-state index contributed by atoms with van der Waals surface area (Å²) in [5, 5.41) is 2.97. The summed E-state index contributed by atoms with van der Waals surface area (Å²) in [5.41, 5.74) is 7.49. The number of hydrogen-bond donors (Lipinski definition) is 2. The molecule has 134 valence electrons. The second kappa shape index (κ2) is 9.69. The smallest absolute Gasteiger partial charge is 0.220 e. The average Bonchev–Trinajstić information content (AvgIpc) is 2.65. The number of carbonyl (C=O) groups is 1. The summed E-state index contributed by atoms with van der Waals surface area (Å²) in [6, 6.07) is 15.6. The van der Waals surface area contributed by atoms with Crippen LogP contribution in [-0.4, -0.2) is 19.6 Å². The van der Waals surface area contributed by atoms with Gasteiger partial charge in [0.05, 0.1) is 13.2 Å². The van der Waals surface area contributed by atoms with Crippen molar-refractivity contribution in [2.45, 2.75) is 32.4 Å². The highest BCUT2D eigenvalue weighted by atomic mass is 16.5. The van der Waals surface area contributed by atoms with Gasteiger partial charge in [-0.1, -0.05) is 36.4 Å². The molecule has 2 aromatic carbocycles. The van der Waals surface area contributed by atoms with Gasteiger partial charge in [-0.15, -0.1) is 0 Å². The highest BCUT2D eigenvalue weighted by Crippen LogP contribution is 2.31.